The zero-order chi connectivity index (χ0) is 11.7. The van der Waals surface area contributed by atoms with Crippen molar-refractivity contribution in [1.82, 2.24) is 14.7 Å². The van der Waals surface area contributed by atoms with E-state index in [0.29, 0.717) is 6.54 Å². The largest absolute Gasteiger partial charge is 0.326 e. The normalized spacial score (nSPS) is 20.2. The second kappa shape index (κ2) is 4.47. The third-order valence-electron chi connectivity index (χ3n) is 3.54. The van der Waals surface area contributed by atoms with E-state index in [1.165, 1.54) is 6.42 Å². The fraction of sp³-hybridized carbons (Fsp3) is 0.462. The average Bonchev–Trinajstić information content (AvgIpc) is 2.99. The van der Waals surface area contributed by atoms with Crippen LogP contribution in [0.15, 0.2) is 24.5 Å². The van der Waals surface area contributed by atoms with Gasteiger partial charge in [-0.15, -0.1) is 0 Å². The predicted molar refractivity (Wildman–Crippen MR) is 67.8 cm³/mol. The molecule has 4 nitrogen and oxygen atoms in total. The number of fused-ring (bicyclic) bond motifs is 1. The zero-order valence-corrected chi connectivity index (χ0v) is 9.89. The van der Waals surface area contributed by atoms with E-state index in [2.05, 4.69) is 33.0 Å². The molecule has 3 N–H and O–H groups in total. The molecule has 17 heavy (non-hydrogen) atoms. The van der Waals surface area contributed by atoms with Gasteiger partial charge in [-0.3, -0.25) is 0 Å². The van der Waals surface area contributed by atoms with Crippen molar-refractivity contribution in [2.45, 2.75) is 19.4 Å². The summed E-state index contributed by atoms with van der Waals surface area (Å²) >= 11 is 0. The highest BCUT2D eigenvalue weighted by atomic mass is 15.0. The van der Waals surface area contributed by atoms with Gasteiger partial charge in [0, 0.05) is 19.2 Å². The van der Waals surface area contributed by atoms with E-state index in [-0.39, 0.29) is 0 Å². The van der Waals surface area contributed by atoms with Gasteiger partial charge in [0.2, 0.25) is 0 Å². The molecule has 0 aromatic carbocycles. The molecule has 3 rings (SSSR count). The number of nitrogens with two attached hydrogens (primary N) is 1. The minimum absolute atomic E-state index is 0.587. The summed E-state index contributed by atoms with van der Waals surface area (Å²) in [5.41, 5.74) is 7.95. The van der Waals surface area contributed by atoms with Crippen LogP contribution in [0.25, 0.3) is 5.52 Å². The summed E-state index contributed by atoms with van der Waals surface area (Å²) in [6, 6.07) is 4.19. The molecule has 0 aliphatic carbocycles. The Morgan fingerprint density at radius 1 is 1.53 bits per heavy atom. The zero-order valence-electron chi connectivity index (χ0n) is 9.89. The quantitative estimate of drug-likeness (QED) is 0.825. The maximum atomic E-state index is 5.64. The molecule has 0 amide bonds. The third-order valence-corrected chi connectivity index (χ3v) is 3.54. The Morgan fingerprint density at radius 3 is 3.24 bits per heavy atom. The number of imidazole rings is 1. The Bertz CT molecular complexity index is 511. The number of nitrogens with zero attached hydrogens (tertiary/aromatic N) is 2. The van der Waals surface area contributed by atoms with Gasteiger partial charge in [0.25, 0.3) is 0 Å². The molecule has 1 aliphatic heterocycles. The molecule has 2 aromatic heterocycles. The standard InChI is InChI=1S/C13H18N4/c14-7-10-2-4-17-12(5-10)9-16-13(17)6-11-1-3-15-8-11/h2,4-5,9,11,15H,1,3,6-8,14H2. The van der Waals surface area contributed by atoms with Crippen molar-refractivity contribution in [3.63, 3.8) is 0 Å². The number of rotatable bonds is 3. The number of nitrogens with one attached hydrogen (secondary N) is 1. The summed E-state index contributed by atoms with van der Waals surface area (Å²) < 4.78 is 2.18. The van der Waals surface area contributed by atoms with E-state index in [1.807, 2.05) is 6.20 Å². The summed E-state index contributed by atoms with van der Waals surface area (Å²) in [6.45, 7) is 2.85. The summed E-state index contributed by atoms with van der Waals surface area (Å²) in [7, 11) is 0. The van der Waals surface area contributed by atoms with Crippen molar-refractivity contribution in [3.8, 4) is 0 Å². The summed E-state index contributed by atoms with van der Waals surface area (Å²) in [4.78, 5) is 4.53. The second-order valence-electron chi connectivity index (χ2n) is 4.77. The van der Waals surface area contributed by atoms with Crippen LogP contribution in [0.3, 0.4) is 0 Å². The van der Waals surface area contributed by atoms with E-state index < -0.39 is 0 Å². The Morgan fingerprint density at radius 2 is 2.47 bits per heavy atom. The van der Waals surface area contributed by atoms with Crippen molar-refractivity contribution in [1.29, 1.82) is 0 Å². The van der Waals surface area contributed by atoms with E-state index in [0.717, 1.165) is 42.3 Å². The van der Waals surface area contributed by atoms with Crippen LogP contribution in [0, 0.1) is 5.92 Å². The minimum Gasteiger partial charge on any atom is -0.326 e. The van der Waals surface area contributed by atoms with Crippen molar-refractivity contribution in [2.24, 2.45) is 11.7 Å². The van der Waals surface area contributed by atoms with E-state index in [9.17, 15) is 0 Å². The van der Waals surface area contributed by atoms with Crippen LogP contribution >= 0.6 is 0 Å². The fourth-order valence-electron chi connectivity index (χ4n) is 2.53. The molecule has 2 aromatic rings. The molecule has 1 atom stereocenters. The van der Waals surface area contributed by atoms with Crippen molar-refractivity contribution >= 4 is 5.52 Å². The van der Waals surface area contributed by atoms with Gasteiger partial charge in [0.15, 0.2) is 0 Å². The first-order chi connectivity index (χ1) is 8.36. The van der Waals surface area contributed by atoms with Crippen LogP contribution in [0.2, 0.25) is 0 Å². The topological polar surface area (TPSA) is 55.4 Å². The maximum absolute atomic E-state index is 5.64. The first-order valence-corrected chi connectivity index (χ1v) is 6.22. The SMILES string of the molecule is NCc1ccn2c(CC3CCNC3)ncc2c1. The second-order valence-corrected chi connectivity index (χ2v) is 4.77. The van der Waals surface area contributed by atoms with E-state index >= 15 is 0 Å². The lowest BCUT2D eigenvalue weighted by Gasteiger charge is -2.07. The van der Waals surface area contributed by atoms with Gasteiger partial charge in [-0.25, -0.2) is 4.98 Å². The highest BCUT2D eigenvalue weighted by Gasteiger charge is 2.17. The lowest BCUT2D eigenvalue weighted by molar-refractivity contribution is 0.560. The molecule has 3 heterocycles. The van der Waals surface area contributed by atoms with Gasteiger partial charge in [0.1, 0.15) is 5.82 Å². The van der Waals surface area contributed by atoms with Gasteiger partial charge in [0.05, 0.1) is 11.7 Å². The van der Waals surface area contributed by atoms with Crippen LogP contribution in [0.4, 0.5) is 0 Å². The van der Waals surface area contributed by atoms with Crippen LogP contribution in [0.5, 0.6) is 0 Å². The van der Waals surface area contributed by atoms with Crippen molar-refractivity contribution in [2.75, 3.05) is 13.1 Å². The molecule has 90 valence electrons. The van der Waals surface area contributed by atoms with Crippen LogP contribution in [-0.2, 0) is 13.0 Å². The molecular formula is C13H18N4. The average molecular weight is 230 g/mol. The molecule has 0 radical (unpaired) electrons. The molecule has 0 spiro atoms. The van der Waals surface area contributed by atoms with Gasteiger partial charge < -0.3 is 15.5 Å². The Kier molecular flexibility index (Phi) is 2.82. The molecule has 1 unspecified atom stereocenters. The Labute approximate surface area is 101 Å². The number of pyridine rings is 1. The predicted octanol–water partition coefficient (Wildman–Crippen LogP) is 0.945. The van der Waals surface area contributed by atoms with Crippen molar-refractivity contribution < 1.29 is 0 Å². The van der Waals surface area contributed by atoms with Crippen LogP contribution in [-0.4, -0.2) is 22.5 Å². The smallest absolute Gasteiger partial charge is 0.113 e. The highest BCUT2D eigenvalue weighted by molar-refractivity contribution is 5.48. The molecule has 1 aliphatic rings. The molecule has 4 heteroatoms. The lowest BCUT2D eigenvalue weighted by atomic mass is 10.0. The molecule has 1 fully saturated rings. The first kappa shape index (κ1) is 10.7. The van der Waals surface area contributed by atoms with Gasteiger partial charge >= 0.3 is 0 Å². The van der Waals surface area contributed by atoms with Crippen LogP contribution in [0.1, 0.15) is 17.8 Å². The highest BCUT2D eigenvalue weighted by Crippen LogP contribution is 2.16. The van der Waals surface area contributed by atoms with E-state index in [1.54, 1.807) is 0 Å². The van der Waals surface area contributed by atoms with E-state index in [4.69, 9.17) is 5.73 Å². The molecule has 1 saturated heterocycles. The minimum atomic E-state index is 0.587. The molecule has 0 saturated carbocycles. The summed E-state index contributed by atoms with van der Waals surface area (Å²) in [6.07, 6.45) is 6.35. The monoisotopic (exact) mass is 230 g/mol. The number of aromatic nitrogens is 2. The summed E-state index contributed by atoms with van der Waals surface area (Å²) in [5, 5.41) is 3.40. The third kappa shape index (κ3) is 2.06. The van der Waals surface area contributed by atoms with Crippen molar-refractivity contribution in [3.05, 3.63) is 35.9 Å². The fourth-order valence-corrected chi connectivity index (χ4v) is 2.53. The number of hydrogen-bond acceptors (Lipinski definition) is 3. The first-order valence-electron chi connectivity index (χ1n) is 6.22. The van der Waals surface area contributed by atoms with Crippen LogP contribution < -0.4 is 11.1 Å². The number of hydrogen-bond donors (Lipinski definition) is 2. The molecule has 0 bridgehead atoms. The maximum Gasteiger partial charge on any atom is 0.113 e. The lowest BCUT2D eigenvalue weighted by Crippen LogP contribution is -2.12. The Hall–Kier alpha value is -1.39. The van der Waals surface area contributed by atoms with Gasteiger partial charge in [-0.2, -0.15) is 0 Å². The van der Waals surface area contributed by atoms with Gasteiger partial charge in [-0.1, -0.05) is 0 Å². The summed E-state index contributed by atoms with van der Waals surface area (Å²) in [5.74, 6) is 1.90. The molecular weight excluding hydrogens is 212 g/mol. The Balaban J connectivity index is 1.89. The van der Waals surface area contributed by atoms with Gasteiger partial charge in [-0.05, 0) is 43.1 Å².